The van der Waals surface area contributed by atoms with Crippen molar-refractivity contribution in [2.75, 3.05) is 0 Å². The van der Waals surface area contributed by atoms with Crippen molar-refractivity contribution < 1.29 is 0 Å². The van der Waals surface area contributed by atoms with Gasteiger partial charge in [-0.15, -0.1) is 0 Å². The van der Waals surface area contributed by atoms with Crippen LogP contribution in [-0.2, 0) is 0 Å². The zero-order chi connectivity index (χ0) is 47.6. The summed E-state index contributed by atoms with van der Waals surface area (Å²) in [7, 11) is 0. The van der Waals surface area contributed by atoms with Crippen molar-refractivity contribution in [3.05, 3.63) is 240 Å². The van der Waals surface area contributed by atoms with Gasteiger partial charge in [0.1, 0.15) is 11.6 Å². The first-order valence-electron chi connectivity index (χ1n) is 23.8. The maximum atomic E-state index is 11.8. The largest absolute Gasteiger partial charge is 0.308 e. The van der Waals surface area contributed by atoms with E-state index in [1.54, 1.807) is 0 Å². The first kappa shape index (κ1) is 42.2. The Balaban J connectivity index is 1.20. The van der Waals surface area contributed by atoms with E-state index in [4.69, 9.17) is 0 Å². The highest BCUT2D eigenvalue weighted by atomic mass is 15.0. The molecule has 0 bridgehead atoms. The summed E-state index contributed by atoms with van der Waals surface area (Å²) in [6.07, 6.45) is 0. The van der Waals surface area contributed by atoms with E-state index in [-0.39, 0.29) is 0 Å². The average molecular weight is 895 g/mol. The molecule has 0 spiro atoms. The molecule has 0 aliphatic carbocycles. The van der Waals surface area contributed by atoms with Crippen LogP contribution in [0.15, 0.2) is 206 Å². The van der Waals surface area contributed by atoms with Crippen LogP contribution < -0.4 is 0 Å². The van der Waals surface area contributed by atoms with Crippen molar-refractivity contribution in [1.29, 1.82) is 10.5 Å². The first-order chi connectivity index (χ1) is 34.3. The molecule has 0 radical (unpaired) electrons. The fourth-order valence-electron chi connectivity index (χ4n) is 10.8. The Morgan fingerprint density at radius 2 is 0.643 bits per heavy atom. The topological polar surface area (TPSA) is 57.4 Å². The van der Waals surface area contributed by atoms with Gasteiger partial charge in [-0.25, -0.2) is 0 Å². The molecular weight excluding hydrogens is 849 g/mol. The van der Waals surface area contributed by atoms with Crippen molar-refractivity contribution in [2.45, 2.75) is 27.7 Å². The van der Waals surface area contributed by atoms with Crippen LogP contribution in [0, 0.1) is 50.4 Å². The molecule has 0 aliphatic heterocycles. The lowest BCUT2D eigenvalue weighted by Gasteiger charge is -2.19. The Bertz CT molecular complexity index is 3760. The number of aromatic nitrogens is 2. The molecule has 0 amide bonds. The van der Waals surface area contributed by atoms with Crippen molar-refractivity contribution in [2.24, 2.45) is 0 Å². The van der Waals surface area contributed by atoms with Crippen LogP contribution in [0.25, 0.3) is 111 Å². The van der Waals surface area contributed by atoms with Gasteiger partial charge in [-0.2, -0.15) is 10.5 Å². The number of rotatable bonds is 7. The summed E-state index contributed by atoms with van der Waals surface area (Å²) in [5.74, 6) is 0. The number of fused-ring (bicyclic) bond motifs is 6. The zero-order valence-electron chi connectivity index (χ0n) is 39.4. The first-order valence-corrected chi connectivity index (χ1v) is 23.8. The van der Waals surface area contributed by atoms with Crippen molar-refractivity contribution in [3.63, 3.8) is 0 Å². The number of hydrogen-bond acceptors (Lipinski definition) is 2. The number of nitriles is 2. The molecule has 2 heterocycles. The molecule has 0 N–H and O–H groups in total. The van der Waals surface area contributed by atoms with Gasteiger partial charge in [-0.3, -0.25) is 0 Å². The summed E-state index contributed by atoms with van der Waals surface area (Å²) in [6.45, 7) is 8.64. The second-order valence-electron chi connectivity index (χ2n) is 18.6. The zero-order valence-corrected chi connectivity index (χ0v) is 39.4. The van der Waals surface area contributed by atoms with E-state index in [0.717, 1.165) is 88.4 Å². The van der Waals surface area contributed by atoms with E-state index in [2.05, 4.69) is 237 Å². The average Bonchev–Trinajstić information content (AvgIpc) is 3.90. The summed E-state index contributed by atoms with van der Waals surface area (Å²) in [5.41, 5.74) is 22.5. The maximum Gasteiger partial charge on any atom is 0.104 e. The van der Waals surface area contributed by atoms with Crippen molar-refractivity contribution in [1.82, 2.24) is 9.13 Å². The van der Waals surface area contributed by atoms with E-state index < -0.39 is 0 Å². The predicted octanol–water partition coefficient (Wildman–Crippen LogP) is 17.2. The highest BCUT2D eigenvalue weighted by molar-refractivity contribution is 6.14. The molecule has 4 nitrogen and oxygen atoms in total. The Hall–Kier alpha value is -9.22. The summed E-state index contributed by atoms with van der Waals surface area (Å²) in [4.78, 5) is 0. The van der Waals surface area contributed by atoms with Gasteiger partial charge in [0.2, 0.25) is 0 Å². The van der Waals surface area contributed by atoms with Gasteiger partial charge in [-0.05, 0) is 178 Å². The summed E-state index contributed by atoms with van der Waals surface area (Å²) >= 11 is 0. The molecule has 70 heavy (non-hydrogen) atoms. The molecule has 0 saturated carbocycles. The van der Waals surface area contributed by atoms with Crippen molar-refractivity contribution in [3.8, 4) is 79.1 Å². The summed E-state index contributed by atoms with van der Waals surface area (Å²) < 4.78 is 4.57. The number of hydrogen-bond donors (Lipinski definition) is 0. The second-order valence-corrected chi connectivity index (χ2v) is 18.6. The SMILES string of the molecule is Cc1ccccc1-c1ccc2c(c1)c1cc(-c3ccccc3C)ccc1n2-c1cc(-c2cccc(C#N)c2)cc(-n2c3ccc(-c4ccccc4C)cc3c3cc(-c4ccccc4C)ccc32)c1C#N. The third-order valence-corrected chi connectivity index (χ3v) is 14.4. The smallest absolute Gasteiger partial charge is 0.104 e. The monoisotopic (exact) mass is 894 g/mol. The van der Waals surface area contributed by atoms with Gasteiger partial charge < -0.3 is 9.13 Å². The third-order valence-electron chi connectivity index (χ3n) is 14.4. The third kappa shape index (κ3) is 6.89. The summed E-state index contributed by atoms with van der Waals surface area (Å²) in [6, 6.07) is 78.3. The van der Waals surface area contributed by atoms with Crippen molar-refractivity contribution >= 4 is 43.6 Å². The van der Waals surface area contributed by atoms with Gasteiger partial charge in [-0.1, -0.05) is 133 Å². The maximum absolute atomic E-state index is 11.8. The molecule has 12 rings (SSSR count). The highest BCUT2D eigenvalue weighted by Gasteiger charge is 2.24. The molecule has 10 aromatic carbocycles. The molecule has 0 aliphatic rings. The second kappa shape index (κ2) is 16.8. The van der Waals surface area contributed by atoms with E-state index in [0.29, 0.717) is 11.1 Å². The van der Waals surface area contributed by atoms with Crippen LogP contribution in [0.5, 0.6) is 0 Å². The number of aryl methyl sites for hydroxylation is 4. The van der Waals surface area contributed by atoms with Gasteiger partial charge in [0.25, 0.3) is 0 Å². The fraction of sp³-hybridized carbons (Fsp3) is 0.0606. The van der Waals surface area contributed by atoms with E-state index in [1.165, 1.54) is 44.5 Å². The predicted molar refractivity (Wildman–Crippen MR) is 291 cm³/mol. The highest BCUT2D eigenvalue weighted by Crippen LogP contribution is 2.44. The molecule has 0 atom stereocenters. The lowest BCUT2D eigenvalue weighted by molar-refractivity contribution is 1.12. The molecule has 2 aromatic heterocycles. The van der Waals surface area contributed by atoms with Gasteiger partial charge in [0.15, 0.2) is 0 Å². The van der Waals surface area contributed by atoms with Gasteiger partial charge >= 0.3 is 0 Å². The van der Waals surface area contributed by atoms with E-state index >= 15 is 0 Å². The van der Waals surface area contributed by atoms with Gasteiger partial charge in [0.05, 0.1) is 45.1 Å². The summed E-state index contributed by atoms with van der Waals surface area (Å²) in [5, 5.41) is 26.3. The lowest BCUT2D eigenvalue weighted by Crippen LogP contribution is -2.05. The normalized spacial score (nSPS) is 11.4. The van der Waals surface area contributed by atoms with Crippen LogP contribution in [0.2, 0.25) is 0 Å². The number of benzene rings is 10. The molecule has 0 saturated heterocycles. The van der Waals surface area contributed by atoms with Crippen LogP contribution in [0.3, 0.4) is 0 Å². The molecule has 0 fully saturated rings. The Morgan fingerprint density at radius 1 is 0.300 bits per heavy atom. The van der Waals surface area contributed by atoms with Crippen LogP contribution in [0.4, 0.5) is 0 Å². The molecule has 4 heteroatoms. The van der Waals surface area contributed by atoms with E-state index in [1.807, 2.05) is 18.2 Å². The Labute approximate surface area is 407 Å². The Kier molecular flexibility index (Phi) is 10.1. The van der Waals surface area contributed by atoms with Crippen LogP contribution >= 0.6 is 0 Å². The lowest BCUT2D eigenvalue weighted by atomic mass is 9.97. The Morgan fingerprint density at radius 3 is 0.957 bits per heavy atom. The minimum Gasteiger partial charge on any atom is -0.308 e. The van der Waals surface area contributed by atoms with Gasteiger partial charge in [0, 0.05) is 21.5 Å². The molecular formula is C66H46N4. The fourth-order valence-corrected chi connectivity index (χ4v) is 10.8. The standard InChI is InChI=1S/C66H46N4/c1-41-14-5-9-20-52(41)47-24-28-61-56(33-47)57-34-48(53-21-10-6-15-42(53)2)25-29-62(57)69(61)65-37-51(46-19-13-18-45(32-46)39-67)38-66(60(65)40-68)70-63-30-26-49(54-22-11-7-16-43(54)3)35-58(63)59-36-50(27-31-64(59)70)55-23-12-8-17-44(55)4/h5-38H,1-4H3. The quantitative estimate of drug-likeness (QED) is 0.160. The molecule has 0 unspecified atom stereocenters. The minimum absolute atomic E-state index is 0.537. The van der Waals surface area contributed by atoms with E-state index in [9.17, 15) is 10.5 Å². The minimum atomic E-state index is 0.537. The number of nitrogens with zero attached hydrogens (tertiary/aromatic N) is 4. The molecule has 330 valence electrons. The van der Waals surface area contributed by atoms with Crippen LogP contribution in [-0.4, -0.2) is 9.13 Å². The molecule has 12 aromatic rings. The van der Waals surface area contributed by atoms with Crippen LogP contribution in [0.1, 0.15) is 33.4 Å².